The van der Waals surface area contributed by atoms with E-state index >= 15 is 0 Å². The lowest BCUT2D eigenvalue weighted by molar-refractivity contribution is -0.0202. The van der Waals surface area contributed by atoms with Crippen LogP contribution in [0.15, 0.2) is 0 Å². The Hall–Kier alpha value is -1.93. The smallest absolute Gasteiger partial charge is 0.319 e. The molecule has 2 aromatic heterocycles. The highest BCUT2D eigenvalue weighted by Crippen LogP contribution is 2.31. The summed E-state index contributed by atoms with van der Waals surface area (Å²) in [6.07, 6.45) is 1.78. The average molecular weight is 349 g/mol. The van der Waals surface area contributed by atoms with Crippen molar-refractivity contribution in [2.24, 2.45) is 11.8 Å². The molecule has 0 aliphatic heterocycles. The molecule has 8 heteroatoms. The predicted octanol–water partition coefficient (Wildman–Crippen LogP) is 1.60. The van der Waals surface area contributed by atoms with Crippen LogP contribution in [0.2, 0.25) is 0 Å². The van der Waals surface area contributed by atoms with E-state index in [-0.39, 0.29) is 17.7 Å². The van der Waals surface area contributed by atoms with Crippen LogP contribution in [0.4, 0.5) is 5.82 Å². The molecule has 138 valence electrons. The summed E-state index contributed by atoms with van der Waals surface area (Å²) in [4.78, 5) is 8.61. The van der Waals surface area contributed by atoms with E-state index in [1.807, 2.05) is 13.8 Å². The zero-order valence-corrected chi connectivity index (χ0v) is 14.9. The number of nitrogen functional groups attached to an aromatic ring is 1. The van der Waals surface area contributed by atoms with Crippen molar-refractivity contribution in [1.29, 1.82) is 0 Å². The first kappa shape index (κ1) is 17.9. The van der Waals surface area contributed by atoms with Gasteiger partial charge < -0.3 is 20.7 Å². The van der Waals surface area contributed by atoms with Crippen molar-refractivity contribution in [2.75, 3.05) is 12.3 Å². The molecule has 0 radical (unpaired) electrons. The molecule has 1 aliphatic carbocycles. The van der Waals surface area contributed by atoms with E-state index in [0.717, 1.165) is 0 Å². The Morgan fingerprint density at radius 2 is 1.92 bits per heavy atom. The van der Waals surface area contributed by atoms with Gasteiger partial charge in [0.15, 0.2) is 5.82 Å². The maximum absolute atomic E-state index is 10.4. The van der Waals surface area contributed by atoms with E-state index in [0.29, 0.717) is 29.3 Å². The third-order valence-electron chi connectivity index (χ3n) is 5.10. The summed E-state index contributed by atoms with van der Waals surface area (Å²) < 4.78 is 5.69. The van der Waals surface area contributed by atoms with Gasteiger partial charge in [-0.1, -0.05) is 27.2 Å². The molecular weight excluding hydrogens is 322 g/mol. The maximum atomic E-state index is 10.4. The van der Waals surface area contributed by atoms with Crippen LogP contribution in [-0.2, 0) is 0 Å². The van der Waals surface area contributed by atoms with Gasteiger partial charge in [-0.05, 0) is 24.7 Å². The third kappa shape index (κ3) is 3.55. The normalized spacial score (nSPS) is 19.0. The lowest BCUT2D eigenvalue weighted by atomic mass is 9.86. The zero-order chi connectivity index (χ0) is 18.1. The molecule has 1 saturated carbocycles. The molecule has 1 fully saturated rings. The molecular formula is C17H27N5O3. The number of rotatable bonds is 7. The minimum absolute atomic E-state index is 0.0660. The maximum Gasteiger partial charge on any atom is 0.319 e. The van der Waals surface area contributed by atoms with Crippen LogP contribution < -0.4 is 10.5 Å². The number of fused-ring (bicyclic) bond motifs is 1. The summed E-state index contributed by atoms with van der Waals surface area (Å²) in [5.74, 6) is 0.341. The quantitative estimate of drug-likeness (QED) is 0.597. The van der Waals surface area contributed by atoms with Crippen LogP contribution in [0.25, 0.3) is 11.0 Å². The topological polar surface area (TPSA) is 130 Å². The summed E-state index contributed by atoms with van der Waals surface area (Å²) in [7, 11) is 0. The number of nitrogens with zero attached hydrogens (tertiary/aromatic N) is 3. The van der Waals surface area contributed by atoms with Gasteiger partial charge in [0.2, 0.25) is 0 Å². The summed E-state index contributed by atoms with van der Waals surface area (Å²) in [5.41, 5.74) is 7.58. The molecule has 25 heavy (non-hydrogen) atoms. The molecule has 0 spiro atoms. The molecule has 3 rings (SSSR count). The molecule has 2 heterocycles. The van der Waals surface area contributed by atoms with Crippen LogP contribution in [0, 0.1) is 11.8 Å². The second-order valence-electron chi connectivity index (χ2n) is 7.35. The third-order valence-corrected chi connectivity index (χ3v) is 5.10. The minimum Gasteiger partial charge on any atom is -0.463 e. The lowest BCUT2D eigenvalue weighted by Gasteiger charge is -2.25. The van der Waals surface area contributed by atoms with E-state index in [9.17, 15) is 10.2 Å². The molecule has 0 aromatic carbocycles. The van der Waals surface area contributed by atoms with Gasteiger partial charge in [0.25, 0.3) is 0 Å². The zero-order valence-electron chi connectivity index (χ0n) is 14.9. The second-order valence-corrected chi connectivity index (χ2v) is 7.35. The first-order valence-corrected chi connectivity index (χ1v) is 8.88. The van der Waals surface area contributed by atoms with Crippen molar-refractivity contribution in [1.82, 2.24) is 20.2 Å². The summed E-state index contributed by atoms with van der Waals surface area (Å²) in [6.45, 7) is 6.10. The molecule has 0 saturated heterocycles. The van der Waals surface area contributed by atoms with E-state index in [2.05, 4.69) is 20.2 Å². The molecule has 2 aromatic rings. The van der Waals surface area contributed by atoms with Crippen molar-refractivity contribution in [3.8, 4) is 6.01 Å². The fourth-order valence-corrected chi connectivity index (χ4v) is 3.01. The van der Waals surface area contributed by atoms with Crippen LogP contribution >= 0.6 is 0 Å². The first-order chi connectivity index (χ1) is 11.9. The van der Waals surface area contributed by atoms with Gasteiger partial charge in [0, 0.05) is 5.92 Å². The Kier molecular flexibility index (Phi) is 5.10. The van der Waals surface area contributed by atoms with Gasteiger partial charge in [0.1, 0.15) is 11.0 Å². The molecule has 0 amide bonds. The van der Waals surface area contributed by atoms with Crippen LogP contribution in [-0.4, -0.2) is 49.2 Å². The SMILES string of the molecule is CC(C)[C@@H](O)[C@@H](O)[C@@H](C)c1n[nH]c2c(N)nc(OCC3CCC3)nc12. The van der Waals surface area contributed by atoms with Crippen LogP contribution in [0.5, 0.6) is 6.01 Å². The molecule has 5 N–H and O–H groups in total. The summed E-state index contributed by atoms with van der Waals surface area (Å²) in [5, 5.41) is 27.7. The van der Waals surface area contributed by atoms with Crippen molar-refractivity contribution < 1.29 is 14.9 Å². The highest BCUT2D eigenvalue weighted by molar-refractivity contribution is 5.86. The predicted molar refractivity (Wildman–Crippen MR) is 94.2 cm³/mol. The number of H-pyrrole nitrogens is 1. The number of hydrogen-bond acceptors (Lipinski definition) is 7. The number of anilines is 1. The van der Waals surface area contributed by atoms with Gasteiger partial charge in [-0.2, -0.15) is 15.1 Å². The van der Waals surface area contributed by atoms with Crippen molar-refractivity contribution in [3.05, 3.63) is 5.69 Å². The van der Waals surface area contributed by atoms with E-state index < -0.39 is 18.1 Å². The van der Waals surface area contributed by atoms with Gasteiger partial charge in [0.05, 0.1) is 24.5 Å². The average Bonchev–Trinajstić information content (AvgIpc) is 2.95. The number of aromatic nitrogens is 4. The molecule has 0 unspecified atom stereocenters. The summed E-state index contributed by atoms with van der Waals surface area (Å²) >= 11 is 0. The standard InChI is InChI=1S/C17H27N5O3/c1-8(2)14(23)15(24)9(3)11-12-13(22-21-11)16(18)20-17(19-12)25-7-10-5-4-6-10/h8-10,14-15,23-24H,4-7H2,1-3H3,(H,21,22)(H2,18,19,20)/t9-,14+,15-/m0/s1. The molecule has 8 nitrogen and oxygen atoms in total. The Balaban J connectivity index is 1.86. The molecule has 1 aliphatic rings. The van der Waals surface area contributed by atoms with Crippen LogP contribution in [0.1, 0.15) is 51.6 Å². The Bertz CT molecular complexity index is 728. The number of nitrogens with one attached hydrogen (secondary N) is 1. The van der Waals surface area contributed by atoms with Crippen molar-refractivity contribution >= 4 is 16.9 Å². The monoisotopic (exact) mass is 349 g/mol. The van der Waals surface area contributed by atoms with Gasteiger partial charge in [-0.3, -0.25) is 5.10 Å². The number of aliphatic hydroxyl groups is 2. The van der Waals surface area contributed by atoms with Crippen molar-refractivity contribution in [2.45, 2.75) is 58.2 Å². The Morgan fingerprint density at radius 3 is 2.52 bits per heavy atom. The Morgan fingerprint density at radius 1 is 1.20 bits per heavy atom. The number of aromatic amines is 1. The van der Waals surface area contributed by atoms with Gasteiger partial charge in [-0.25, -0.2) is 0 Å². The van der Waals surface area contributed by atoms with E-state index in [1.54, 1.807) is 6.92 Å². The van der Waals surface area contributed by atoms with Gasteiger partial charge >= 0.3 is 6.01 Å². The second kappa shape index (κ2) is 7.13. The van der Waals surface area contributed by atoms with Crippen LogP contribution in [0.3, 0.4) is 0 Å². The Labute approximate surface area is 146 Å². The van der Waals surface area contributed by atoms with E-state index in [1.165, 1.54) is 19.3 Å². The molecule has 0 bridgehead atoms. The van der Waals surface area contributed by atoms with Gasteiger partial charge in [-0.15, -0.1) is 0 Å². The van der Waals surface area contributed by atoms with Crippen molar-refractivity contribution in [3.63, 3.8) is 0 Å². The summed E-state index contributed by atoms with van der Waals surface area (Å²) in [6, 6.07) is 0.227. The number of nitrogens with two attached hydrogens (primary N) is 1. The number of hydrogen-bond donors (Lipinski definition) is 4. The highest BCUT2D eigenvalue weighted by Gasteiger charge is 2.30. The first-order valence-electron chi connectivity index (χ1n) is 8.88. The molecule has 3 atom stereocenters. The number of aliphatic hydroxyl groups excluding tert-OH is 2. The largest absolute Gasteiger partial charge is 0.463 e. The fraction of sp³-hybridized carbons (Fsp3) is 0.706. The lowest BCUT2D eigenvalue weighted by Crippen LogP contribution is -2.35. The minimum atomic E-state index is -0.956. The number of ether oxygens (including phenoxy) is 1. The highest BCUT2D eigenvalue weighted by atomic mass is 16.5. The van der Waals surface area contributed by atoms with E-state index in [4.69, 9.17) is 10.5 Å². The fourth-order valence-electron chi connectivity index (χ4n) is 3.01.